The molecule has 1 aliphatic rings. The molecule has 1 saturated heterocycles. The molecule has 2 aromatic heterocycles. The number of thiophene rings is 1. The van der Waals surface area contributed by atoms with Gasteiger partial charge in [-0.2, -0.15) is 0 Å². The zero-order valence-corrected chi connectivity index (χ0v) is 16.6. The van der Waals surface area contributed by atoms with Gasteiger partial charge in [0.1, 0.15) is 0 Å². The quantitative estimate of drug-likeness (QED) is 0.674. The Kier molecular flexibility index (Phi) is 6.59. The van der Waals surface area contributed by atoms with Gasteiger partial charge in [0.2, 0.25) is 5.91 Å². The first-order chi connectivity index (χ1) is 13.0. The van der Waals surface area contributed by atoms with Gasteiger partial charge in [0.25, 0.3) is 0 Å². The van der Waals surface area contributed by atoms with Crippen LogP contribution in [0.25, 0.3) is 0 Å². The van der Waals surface area contributed by atoms with Crippen molar-refractivity contribution in [2.24, 2.45) is 0 Å². The van der Waals surface area contributed by atoms with Crippen molar-refractivity contribution in [2.45, 2.75) is 24.6 Å². The maximum Gasteiger partial charge on any atom is 0.234 e. The Morgan fingerprint density at radius 3 is 2.85 bits per heavy atom. The van der Waals surface area contributed by atoms with Crippen LogP contribution < -0.4 is 10.6 Å². The summed E-state index contributed by atoms with van der Waals surface area (Å²) in [6.07, 6.45) is 1.92. The predicted octanol–water partition coefficient (Wildman–Crippen LogP) is 0.945. The van der Waals surface area contributed by atoms with Crippen LogP contribution in [0.1, 0.15) is 16.6 Å². The first-order valence-electron chi connectivity index (χ1n) is 8.66. The fraction of sp³-hybridized carbons (Fsp3) is 0.444. The first kappa shape index (κ1) is 19.9. The molecule has 1 fully saturated rings. The second-order valence-corrected chi connectivity index (χ2v) is 9.68. The normalized spacial score (nSPS) is 22.4. The number of pyridine rings is 1. The van der Waals surface area contributed by atoms with Gasteiger partial charge in [-0.15, -0.1) is 11.3 Å². The lowest BCUT2D eigenvalue weighted by molar-refractivity contribution is -0.121. The monoisotopic (exact) mass is 409 g/mol. The molecule has 9 heteroatoms. The number of hydrogen-bond donors (Lipinski definition) is 2. The fourth-order valence-electron chi connectivity index (χ4n) is 3.15. The summed E-state index contributed by atoms with van der Waals surface area (Å²) in [5.74, 6) is -0.239. The third kappa shape index (κ3) is 5.58. The van der Waals surface area contributed by atoms with E-state index in [-0.39, 0.29) is 36.0 Å². The summed E-state index contributed by atoms with van der Waals surface area (Å²) in [7, 11) is -1.65. The van der Waals surface area contributed by atoms with Gasteiger partial charge in [-0.3, -0.25) is 9.78 Å². The number of hydrogen-bond acceptors (Lipinski definition) is 7. The minimum atomic E-state index is -3.13. The second-order valence-electron chi connectivity index (χ2n) is 6.50. The van der Waals surface area contributed by atoms with E-state index < -0.39 is 15.9 Å². The van der Waals surface area contributed by atoms with Gasteiger partial charge >= 0.3 is 0 Å². The van der Waals surface area contributed by atoms with Gasteiger partial charge in [-0.1, -0.05) is 12.1 Å². The Balaban J connectivity index is 1.61. The Bertz CT molecular complexity index is 841. The van der Waals surface area contributed by atoms with Crippen LogP contribution in [0.2, 0.25) is 0 Å². The zero-order chi connectivity index (χ0) is 19.3. The van der Waals surface area contributed by atoms with Crippen LogP contribution in [0, 0.1) is 0 Å². The highest BCUT2D eigenvalue weighted by atomic mass is 32.2. The molecule has 3 rings (SSSR count). The lowest BCUT2D eigenvalue weighted by atomic mass is 10.1. The zero-order valence-electron chi connectivity index (χ0n) is 15.0. The minimum Gasteiger partial charge on any atom is -0.379 e. The van der Waals surface area contributed by atoms with E-state index in [0.717, 1.165) is 10.6 Å². The fourth-order valence-corrected chi connectivity index (χ4v) is 5.79. The molecule has 0 spiro atoms. The number of sulfone groups is 1. The molecule has 2 aromatic rings. The Morgan fingerprint density at radius 2 is 2.19 bits per heavy atom. The largest absolute Gasteiger partial charge is 0.379 e. The molecule has 0 unspecified atom stereocenters. The molecular weight excluding hydrogens is 386 g/mol. The summed E-state index contributed by atoms with van der Waals surface area (Å²) < 4.78 is 28.8. The summed E-state index contributed by atoms with van der Waals surface area (Å²) in [6, 6.07) is 8.99. The van der Waals surface area contributed by atoms with Gasteiger partial charge in [0, 0.05) is 30.6 Å². The minimum absolute atomic E-state index is 0.0161. The molecule has 3 atom stereocenters. The number of ether oxygens (including phenoxy) is 1. The smallest absolute Gasteiger partial charge is 0.234 e. The second kappa shape index (κ2) is 8.92. The average molecular weight is 410 g/mol. The summed E-state index contributed by atoms with van der Waals surface area (Å²) in [5.41, 5.74) is 0.789. The Morgan fingerprint density at radius 1 is 1.33 bits per heavy atom. The molecule has 7 nitrogen and oxygen atoms in total. The van der Waals surface area contributed by atoms with Crippen molar-refractivity contribution in [1.29, 1.82) is 0 Å². The highest BCUT2D eigenvalue weighted by molar-refractivity contribution is 7.91. The number of nitrogens with one attached hydrogen (secondary N) is 2. The van der Waals surface area contributed by atoms with Crippen molar-refractivity contribution in [2.75, 3.05) is 25.2 Å². The first-order valence-corrected chi connectivity index (χ1v) is 11.4. The third-order valence-corrected chi connectivity index (χ3v) is 7.10. The molecule has 146 valence electrons. The standard InChI is InChI=1S/C18H23N3O4S2/c1-25-17-12-27(23,24)11-16(17)20-10-18(22)21-15(9-13-5-4-8-26-13)14-6-2-3-7-19-14/h2-8,15-17,20H,9-12H2,1H3,(H,21,22)/t15-,16+,17-/m1/s1. The topological polar surface area (TPSA) is 97.4 Å². The lowest BCUT2D eigenvalue weighted by Crippen LogP contribution is -2.46. The van der Waals surface area contributed by atoms with E-state index in [4.69, 9.17) is 4.74 Å². The summed E-state index contributed by atoms with van der Waals surface area (Å²) in [5, 5.41) is 8.02. The molecule has 27 heavy (non-hydrogen) atoms. The van der Waals surface area contributed by atoms with Gasteiger partial charge in [0.15, 0.2) is 9.84 Å². The molecule has 3 heterocycles. The van der Waals surface area contributed by atoms with Crippen molar-refractivity contribution in [3.63, 3.8) is 0 Å². The SMILES string of the molecule is CO[C@@H]1CS(=O)(=O)C[C@@H]1NCC(=O)N[C@H](Cc1cccs1)c1ccccn1. The summed E-state index contributed by atoms with van der Waals surface area (Å²) >= 11 is 1.63. The van der Waals surface area contributed by atoms with E-state index in [2.05, 4.69) is 15.6 Å². The van der Waals surface area contributed by atoms with Crippen molar-refractivity contribution < 1.29 is 17.9 Å². The molecule has 0 saturated carbocycles. The van der Waals surface area contributed by atoms with Crippen LogP contribution in [0.15, 0.2) is 41.9 Å². The molecule has 1 amide bonds. The number of rotatable bonds is 8. The number of carbonyl (C=O) groups is 1. The number of nitrogens with zero attached hydrogens (tertiary/aromatic N) is 1. The number of methoxy groups -OCH3 is 1. The van der Waals surface area contributed by atoms with Crippen LogP contribution in [0.3, 0.4) is 0 Å². The van der Waals surface area contributed by atoms with E-state index >= 15 is 0 Å². The molecule has 0 aromatic carbocycles. The number of amides is 1. The molecular formula is C18H23N3O4S2. The highest BCUT2D eigenvalue weighted by Gasteiger charge is 2.37. The number of aromatic nitrogens is 1. The van der Waals surface area contributed by atoms with Gasteiger partial charge < -0.3 is 15.4 Å². The Labute approximate surface area is 163 Å². The van der Waals surface area contributed by atoms with Crippen LogP contribution in [-0.4, -0.2) is 56.6 Å². The summed E-state index contributed by atoms with van der Waals surface area (Å²) in [6.45, 7) is 0.0216. The van der Waals surface area contributed by atoms with E-state index in [9.17, 15) is 13.2 Å². The highest BCUT2D eigenvalue weighted by Crippen LogP contribution is 2.20. The maximum atomic E-state index is 12.5. The molecule has 1 aliphatic heterocycles. The van der Waals surface area contributed by atoms with Gasteiger partial charge in [0.05, 0.1) is 35.9 Å². The van der Waals surface area contributed by atoms with E-state index in [1.54, 1.807) is 17.5 Å². The van der Waals surface area contributed by atoms with Crippen LogP contribution in [-0.2, 0) is 25.8 Å². The van der Waals surface area contributed by atoms with E-state index in [1.165, 1.54) is 7.11 Å². The van der Waals surface area contributed by atoms with Gasteiger partial charge in [-0.05, 0) is 23.6 Å². The average Bonchev–Trinajstić information content (AvgIpc) is 3.27. The molecule has 0 bridgehead atoms. The third-order valence-electron chi connectivity index (χ3n) is 4.49. The summed E-state index contributed by atoms with van der Waals surface area (Å²) in [4.78, 5) is 18.0. The van der Waals surface area contributed by atoms with Crippen molar-refractivity contribution in [3.05, 3.63) is 52.5 Å². The predicted molar refractivity (Wildman–Crippen MR) is 104 cm³/mol. The van der Waals surface area contributed by atoms with Crippen molar-refractivity contribution >= 4 is 27.1 Å². The maximum absolute atomic E-state index is 12.5. The van der Waals surface area contributed by atoms with Gasteiger partial charge in [-0.25, -0.2) is 8.42 Å². The molecule has 0 radical (unpaired) electrons. The van der Waals surface area contributed by atoms with Crippen LogP contribution >= 0.6 is 11.3 Å². The van der Waals surface area contributed by atoms with Crippen LogP contribution in [0.4, 0.5) is 0 Å². The van der Waals surface area contributed by atoms with Crippen LogP contribution in [0.5, 0.6) is 0 Å². The molecule has 2 N–H and O–H groups in total. The number of carbonyl (C=O) groups excluding carboxylic acids is 1. The Hall–Kier alpha value is -1.81. The van der Waals surface area contributed by atoms with Crippen molar-refractivity contribution in [1.82, 2.24) is 15.6 Å². The van der Waals surface area contributed by atoms with E-state index in [1.807, 2.05) is 35.7 Å². The lowest BCUT2D eigenvalue weighted by Gasteiger charge is -2.20. The van der Waals surface area contributed by atoms with E-state index in [0.29, 0.717) is 6.42 Å². The molecule has 0 aliphatic carbocycles. The van der Waals surface area contributed by atoms with Crippen molar-refractivity contribution in [3.8, 4) is 0 Å².